The lowest BCUT2D eigenvalue weighted by molar-refractivity contribution is -0.121. The average Bonchev–Trinajstić information content (AvgIpc) is 3.36. The van der Waals surface area contributed by atoms with Gasteiger partial charge >= 0.3 is 0 Å². The summed E-state index contributed by atoms with van der Waals surface area (Å²) in [6, 6.07) is 23.3. The summed E-state index contributed by atoms with van der Waals surface area (Å²) in [5.41, 5.74) is 3.54. The lowest BCUT2D eigenvalue weighted by Crippen LogP contribution is -2.45. The number of benzene rings is 3. The second-order valence-corrected chi connectivity index (χ2v) is 8.88. The van der Waals surface area contributed by atoms with E-state index in [9.17, 15) is 9.59 Å². The fourth-order valence-electron chi connectivity index (χ4n) is 4.59. The molecule has 0 radical (unpaired) electrons. The molecule has 7 heteroatoms. The number of carbonyl (C=O) groups excluding carboxylic acids is 2. The fourth-order valence-corrected chi connectivity index (χ4v) is 4.59. The number of rotatable bonds is 7. The molecular weight excluding hydrogens is 442 g/mol. The summed E-state index contributed by atoms with van der Waals surface area (Å²) in [5, 5.41) is 6.19. The Labute approximate surface area is 205 Å². The van der Waals surface area contributed by atoms with Crippen molar-refractivity contribution in [3.63, 3.8) is 0 Å². The third-order valence-corrected chi connectivity index (χ3v) is 6.45. The maximum absolute atomic E-state index is 13.0. The first-order valence-electron chi connectivity index (χ1n) is 12.0. The van der Waals surface area contributed by atoms with Crippen LogP contribution in [0.1, 0.15) is 34.3 Å². The van der Waals surface area contributed by atoms with Crippen LogP contribution in [-0.2, 0) is 17.8 Å². The lowest BCUT2D eigenvalue weighted by Gasteiger charge is -2.35. The van der Waals surface area contributed by atoms with Gasteiger partial charge in [0.1, 0.15) is 0 Å². The average molecular weight is 472 g/mol. The van der Waals surface area contributed by atoms with Crippen LogP contribution in [0.15, 0.2) is 72.8 Å². The molecule has 1 fully saturated rings. The van der Waals surface area contributed by atoms with Gasteiger partial charge in [-0.05, 0) is 48.2 Å². The lowest BCUT2D eigenvalue weighted by atomic mass is 10.0. The molecule has 0 atom stereocenters. The van der Waals surface area contributed by atoms with Crippen LogP contribution in [0.3, 0.4) is 0 Å². The van der Waals surface area contributed by atoms with E-state index in [1.165, 1.54) is 0 Å². The zero-order valence-electron chi connectivity index (χ0n) is 19.5. The van der Waals surface area contributed by atoms with Crippen molar-refractivity contribution in [3.05, 3.63) is 89.5 Å². The summed E-state index contributed by atoms with van der Waals surface area (Å²) >= 11 is 0. The zero-order chi connectivity index (χ0) is 24.0. The van der Waals surface area contributed by atoms with E-state index in [-0.39, 0.29) is 24.6 Å². The zero-order valence-corrected chi connectivity index (χ0v) is 19.5. The maximum atomic E-state index is 13.0. The Bertz CT molecular complexity index is 1190. The Balaban J connectivity index is 1.15. The van der Waals surface area contributed by atoms with Crippen molar-refractivity contribution in [2.75, 3.05) is 24.8 Å². The highest BCUT2D eigenvalue weighted by molar-refractivity contribution is 5.99. The van der Waals surface area contributed by atoms with Crippen molar-refractivity contribution >= 4 is 17.5 Å². The van der Waals surface area contributed by atoms with Gasteiger partial charge in [-0.2, -0.15) is 0 Å². The first-order chi connectivity index (χ1) is 17.2. The number of nitrogens with one attached hydrogen (secondary N) is 2. The Morgan fingerprint density at radius 2 is 1.60 bits per heavy atom. The smallest absolute Gasteiger partial charge is 0.253 e. The standard InChI is InChI=1S/C28H29N3O4/c32-27(17-20-6-2-1-3-7-20)30-22-12-14-31(15-13-22)24-9-5-4-8-23(24)28(33)29-18-21-10-11-25-26(16-21)35-19-34-25/h1-11,16,22H,12-15,17-19H2,(H,29,33)(H,30,32). The molecule has 35 heavy (non-hydrogen) atoms. The van der Waals surface area contributed by atoms with Gasteiger partial charge in [-0.1, -0.05) is 48.5 Å². The van der Waals surface area contributed by atoms with Crippen LogP contribution in [0.5, 0.6) is 11.5 Å². The van der Waals surface area contributed by atoms with Gasteiger partial charge in [0, 0.05) is 31.4 Å². The van der Waals surface area contributed by atoms with E-state index in [0.29, 0.717) is 24.3 Å². The van der Waals surface area contributed by atoms with Crippen LogP contribution < -0.4 is 25.0 Å². The van der Waals surface area contributed by atoms with E-state index in [4.69, 9.17) is 9.47 Å². The number of piperidine rings is 1. The molecule has 0 saturated carbocycles. The van der Waals surface area contributed by atoms with Crippen molar-refractivity contribution in [2.24, 2.45) is 0 Å². The minimum Gasteiger partial charge on any atom is -0.454 e. The predicted octanol–water partition coefficient (Wildman–Crippen LogP) is 3.67. The number of carbonyl (C=O) groups is 2. The third kappa shape index (κ3) is 5.57. The van der Waals surface area contributed by atoms with E-state index in [1.54, 1.807) is 0 Å². The molecule has 5 rings (SSSR count). The molecule has 2 amide bonds. The van der Waals surface area contributed by atoms with Crippen molar-refractivity contribution in [1.29, 1.82) is 0 Å². The van der Waals surface area contributed by atoms with Crippen molar-refractivity contribution in [1.82, 2.24) is 10.6 Å². The van der Waals surface area contributed by atoms with Gasteiger partial charge in [0.05, 0.1) is 12.0 Å². The summed E-state index contributed by atoms with van der Waals surface area (Å²) in [5.74, 6) is 1.37. The van der Waals surface area contributed by atoms with Crippen LogP contribution in [-0.4, -0.2) is 37.7 Å². The molecule has 0 unspecified atom stereocenters. The Morgan fingerprint density at radius 1 is 0.857 bits per heavy atom. The molecule has 0 aliphatic carbocycles. The normalized spacial score (nSPS) is 15.0. The van der Waals surface area contributed by atoms with E-state index < -0.39 is 0 Å². The van der Waals surface area contributed by atoms with E-state index in [0.717, 1.165) is 48.5 Å². The van der Waals surface area contributed by atoms with Crippen LogP contribution in [0.25, 0.3) is 0 Å². The van der Waals surface area contributed by atoms with Gasteiger partial charge in [-0.3, -0.25) is 9.59 Å². The van der Waals surface area contributed by atoms with E-state index in [2.05, 4.69) is 15.5 Å². The van der Waals surface area contributed by atoms with Gasteiger partial charge in [-0.25, -0.2) is 0 Å². The Morgan fingerprint density at radius 3 is 2.43 bits per heavy atom. The molecule has 3 aromatic carbocycles. The summed E-state index contributed by atoms with van der Waals surface area (Å²) < 4.78 is 10.8. The fraction of sp³-hybridized carbons (Fsp3) is 0.286. The number of nitrogens with zero attached hydrogens (tertiary/aromatic N) is 1. The minimum atomic E-state index is -0.114. The summed E-state index contributed by atoms with van der Waals surface area (Å²) in [6.45, 7) is 2.19. The molecule has 2 N–H and O–H groups in total. The van der Waals surface area contributed by atoms with Gasteiger partial charge in [0.2, 0.25) is 12.7 Å². The molecule has 0 bridgehead atoms. The summed E-state index contributed by atoms with van der Waals surface area (Å²) in [4.78, 5) is 27.7. The SMILES string of the molecule is O=C(Cc1ccccc1)NC1CCN(c2ccccc2C(=O)NCc2ccc3c(c2)OCO3)CC1. The first kappa shape index (κ1) is 22.8. The van der Waals surface area contributed by atoms with Gasteiger partial charge in [-0.15, -0.1) is 0 Å². The third-order valence-electron chi connectivity index (χ3n) is 6.45. The van der Waals surface area contributed by atoms with Crippen LogP contribution in [0, 0.1) is 0 Å². The van der Waals surface area contributed by atoms with Crippen LogP contribution >= 0.6 is 0 Å². The number of para-hydroxylation sites is 1. The molecule has 1 saturated heterocycles. The molecule has 0 spiro atoms. The molecule has 7 nitrogen and oxygen atoms in total. The second-order valence-electron chi connectivity index (χ2n) is 8.88. The van der Waals surface area contributed by atoms with Crippen molar-refractivity contribution < 1.29 is 19.1 Å². The molecule has 2 aliphatic heterocycles. The second kappa shape index (κ2) is 10.5. The number of fused-ring (bicyclic) bond motifs is 1. The molecule has 3 aromatic rings. The molecule has 2 aliphatic rings. The first-order valence-corrected chi connectivity index (χ1v) is 12.0. The molecule has 180 valence electrons. The van der Waals surface area contributed by atoms with E-state index >= 15 is 0 Å². The number of hydrogen-bond acceptors (Lipinski definition) is 5. The number of hydrogen-bond donors (Lipinski definition) is 2. The highest BCUT2D eigenvalue weighted by Crippen LogP contribution is 2.32. The highest BCUT2D eigenvalue weighted by Gasteiger charge is 2.24. The molecular formula is C28H29N3O4. The quantitative estimate of drug-likeness (QED) is 0.550. The number of ether oxygens (including phenoxy) is 2. The number of anilines is 1. The van der Waals surface area contributed by atoms with Gasteiger partial charge in [0.15, 0.2) is 11.5 Å². The Hall–Kier alpha value is -4.00. The maximum Gasteiger partial charge on any atom is 0.253 e. The van der Waals surface area contributed by atoms with Gasteiger partial charge < -0.3 is 25.0 Å². The topological polar surface area (TPSA) is 79.9 Å². The highest BCUT2D eigenvalue weighted by atomic mass is 16.7. The van der Waals surface area contributed by atoms with Crippen molar-refractivity contribution in [3.8, 4) is 11.5 Å². The monoisotopic (exact) mass is 471 g/mol. The molecule has 2 heterocycles. The summed E-state index contributed by atoms with van der Waals surface area (Å²) in [7, 11) is 0. The largest absolute Gasteiger partial charge is 0.454 e. The van der Waals surface area contributed by atoms with E-state index in [1.807, 2.05) is 72.8 Å². The van der Waals surface area contributed by atoms with Gasteiger partial charge in [0.25, 0.3) is 5.91 Å². The Kier molecular flexibility index (Phi) is 6.84. The van der Waals surface area contributed by atoms with Crippen LogP contribution in [0.4, 0.5) is 5.69 Å². The minimum absolute atomic E-state index is 0.0537. The number of amides is 2. The van der Waals surface area contributed by atoms with Crippen LogP contribution in [0.2, 0.25) is 0 Å². The summed E-state index contributed by atoms with van der Waals surface area (Å²) in [6.07, 6.45) is 2.08. The van der Waals surface area contributed by atoms with Crippen molar-refractivity contribution in [2.45, 2.75) is 31.8 Å². The molecule has 0 aromatic heterocycles. The predicted molar refractivity (Wildman–Crippen MR) is 134 cm³/mol.